The van der Waals surface area contributed by atoms with Gasteiger partial charge >= 0.3 is 18.0 Å². The molecular weight excluding hydrogens is 239 g/mol. The third-order valence-electron chi connectivity index (χ3n) is 1.52. The Bertz CT molecular complexity index is 359. The van der Waals surface area contributed by atoms with Crippen LogP contribution in [0.2, 0.25) is 0 Å². The van der Waals surface area contributed by atoms with Gasteiger partial charge in [0.25, 0.3) is 0 Å². The van der Waals surface area contributed by atoms with E-state index in [-0.39, 0.29) is 5.82 Å². The second-order valence-electron chi connectivity index (χ2n) is 2.69. The van der Waals surface area contributed by atoms with E-state index in [0.29, 0.717) is 0 Å². The fraction of sp³-hybridized carbons (Fsp3) is 0.500. The molecule has 0 aliphatic heterocycles. The Morgan fingerprint density at radius 3 is 2.44 bits per heavy atom. The summed E-state index contributed by atoms with van der Waals surface area (Å²) in [6.45, 7) is -0.593. The van der Waals surface area contributed by atoms with E-state index < -0.39 is 24.6 Å². The number of carbonyl (C=O) groups is 1. The van der Waals surface area contributed by atoms with Gasteiger partial charge in [-0.1, -0.05) is 0 Å². The van der Waals surface area contributed by atoms with E-state index in [4.69, 9.17) is 0 Å². The van der Waals surface area contributed by atoms with Crippen molar-refractivity contribution in [2.24, 2.45) is 0 Å². The number of aromatic nitrogens is 3. The number of hydrogen-bond donors (Lipinski definition) is 2. The summed E-state index contributed by atoms with van der Waals surface area (Å²) in [6, 6.07) is 0. The highest BCUT2D eigenvalue weighted by molar-refractivity contribution is 5.84. The van der Waals surface area contributed by atoms with Gasteiger partial charge in [0, 0.05) is 0 Å². The minimum absolute atomic E-state index is 0.0358. The predicted octanol–water partition coefficient (Wildman–Crippen LogP) is 0.618. The molecule has 5 nitrogen and oxygen atoms in total. The molecule has 0 saturated heterocycles. The van der Waals surface area contributed by atoms with Gasteiger partial charge in [-0.15, -0.1) is 0 Å². The number of alkyl halides is 5. The van der Waals surface area contributed by atoms with E-state index in [9.17, 15) is 26.7 Å². The largest absolute Gasteiger partial charge is 0.463 e. The first-order valence-electron chi connectivity index (χ1n) is 3.82. The van der Waals surface area contributed by atoms with Crippen LogP contribution in [0.4, 0.5) is 22.0 Å². The Morgan fingerprint density at radius 1 is 1.38 bits per heavy atom. The quantitative estimate of drug-likeness (QED) is 0.765. The van der Waals surface area contributed by atoms with E-state index >= 15 is 0 Å². The van der Waals surface area contributed by atoms with Gasteiger partial charge in [0.05, 0.1) is 6.54 Å². The SMILES string of the molecule is O=C(NCc1ncn[nH]1)C(F)(F)C(F)(F)F. The van der Waals surface area contributed by atoms with Crippen LogP contribution >= 0.6 is 0 Å². The van der Waals surface area contributed by atoms with Crippen LogP contribution in [0.25, 0.3) is 0 Å². The molecular formula is C6H5F5N4O. The fourth-order valence-electron chi connectivity index (χ4n) is 0.720. The van der Waals surface area contributed by atoms with E-state index in [0.717, 1.165) is 6.33 Å². The third-order valence-corrected chi connectivity index (χ3v) is 1.52. The van der Waals surface area contributed by atoms with Gasteiger partial charge in [0.15, 0.2) is 0 Å². The Morgan fingerprint density at radius 2 is 2.00 bits per heavy atom. The highest BCUT2D eigenvalue weighted by Crippen LogP contribution is 2.35. The zero-order valence-corrected chi connectivity index (χ0v) is 7.48. The number of carbonyl (C=O) groups excluding carboxylic acids is 1. The van der Waals surface area contributed by atoms with E-state index in [2.05, 4.69) is 15.2 Å². The second-order valence-corrected chi connectivity index (χ2v) is 2.69. The van der Waals surface area contributed by atoms with Gasteiger partial charge in [-0.3, -0.25) is 9.89 Å². The first-order chi connectivity index (χ1) is 7.25. The van der Waals surface area contributed by atoms with Crippen LogP contribution in [0.1, 0.15) is 5.82 Å². The molecule has 2 N–H and O–H groups in total. The Hall–Kier alpha value is -1.74. The lowest BCUT2D eigenvalue weighted by Gasteiger charge is -2.18. The molecule has 0 spiro atoms. The Kier molecular flexibility index (Phi) is 3.10. The van der Waals surface area contributed by atoms with Gasteiger partial charge in [-0.05, 0) is 0 Å². The van der Waals surface area contributed by atoms with E-state index in [1.165, 1.54) is 5.32 Å². The second kappa shape index (κ2) is 4.02. The fourth-order valence-corrected chi connectivity index (χ4v) is 0.720. The van der Waals surface area contributed by atoms with Crippen LogP contribution in [0.3, 0.4) is 0 Å². The number of halogens is 5. The number of hydrogen-bond acceptors (Lipinski definition) is 3. The predicted molar refractivity (Wildman–Crippen MR) is 39.2 cm³/mol. The summed E-state index contributed by atoms with van der Waals surface area (Å²) in [4.78, 5) is 14.0. The normalized spacial score (nSPS) is 12.6. The molecule has 1 amide bonds. The summed E-state index contributed by atoms with van der Waals surface area (Å²) < 4.78 is 59.8. The number of aromatic amines is 1. The number of H-pyrrole nitrogens is 1. The highest BCUT2D eigenvalue weighted by atomic mass is 19.4. The van der Waals surface area contributed by atoms with Crippen molar-refractivity contribution in [3.63, 3.8) is 0 Å². The summed E-state index contributed by atoms with van der Waals surface area (Å²) in [5, 5.41) is 6.88. The average Bonchev–Trinajstić information content (AvgIpc) is 2.64. The van der Waals surface area contributed by atoms with Crippen LogP contribution in [0.15, 0.2) is 6.33 Å². The van der Waals surface area contributed by atoms with E-state index in [1.807, 2.05) is 0 Å². The molecule has 1 aromatic heterocycles. The minimum atomic E-state index is -5.92. The van der Waals surface area contributed by atoms with Crippen molar-refractivity contribution in [3.8, 4) is 0 Å². The maximum Gasteiger partial charge on any atom is 0.463 e. The van der Waals surface area contributed by atoms with Crippen molar-refractivity contribution < 1.29 is 26.7 Å². The van der Waals surface area contributed by atoms with Gasteiger partial charge in [0.2, 0.25) is 0 Å². The molecule has 0 aliphatic rings. The number of nitrogens with one attached hydrogen (secondary N) is 2. The molecule has 0 aromatic carbocycles. The van der Waals surface area contributed by atoms with Crippen molar-refractivity contribution in [1.82, 2.24) is 20.5 Å². The molecule has 10 heteroatoms. The summed E-state index contributed by atoms with van der Waals surface area (Å²) in [5.41, 5.74) is 0. The maximum absolute atomic E-state index is 12.4. The third kappa shape index (κ3) is 2.44. The van der Waals surface area contributed by atoms with E-state index in [1.54, 1.807) is 0 Å². The summed E-state index contributed by atoms with van der Waals surface area (Å²) >= 11 is 0. The molecule has 0 atom stereocenters. The highest BCUT2D eigenvalue weighted by Gasteiger charge is 2.63. The molecule has 0 bridgehead atoms. The Balaban J connectivity index is 2.59. The van der Waals surface area contributed by atoms with Crippen molar-refractivity contribution in [3.05, 3.63) is 12.2 Å². The molecule has 0 aliphatic carbocycles. The van der Waals surface area contributed by atoms with Crippen LogP contribution in [0.5, 0.6) is 0 Å². The van der Waals surface area contributed by atoms with Crippen LogP contribution in [-0.2, 0) is 11.3 Å². The number of amides is 1. The van der Waals surface area contributed by atoms with Gasteiger partial charge in [-0.25, -0.2) is 4.98 Å². The molecule has 0 unspecified atom stereocenters. The van der Waals surface area contributed by atoms with Crippen molar-refractivity contribution in [2.75, 3.05) is 0 Å². The standard InChI is InChI=1S/C6H5F5N4O/c7-5(8,6(9,10)11)4(16)12-1-3-13-2-14-15-3/h2H,1H2,(H,12,16)(H,13,14,15). The van der Waals surface area contributed by atoms with Crippen LogP contribution in [0, 0.1) is 0 Å². The molecule has 1 heterocycles. The zero-order valence-electron chi connectivity index (χ0n) is 7.48. The van der Waals surface area contributed by atoms with Crippen molar-refractivity contribution in [1.29, 1.82) is 0 Å². The van der Waals surface area contributed by atoms with Gasteiger partial charge in [0.1, 0.15) is 12.2 Å². The zero-order chi connectivity index (χ0) is 12.4. The van der Waals surface area contributed by atoms with Crippen LogP contribution in [-0.4, -0.2) is 33.2 Å². The molecule has 0 fully saturated rings. The minimum Gasteiger partial charge on any atom is -0.343 e. The Labute approximate surface area is 85.0 Å². The summed E-state index contributed by atoms with van der Waals surface area (Å²) in [5.74, 6) is -7.89. The number of rotatable bonds is 3. The van der Waals surface area contributed by atoms with Gasteiger partial charge < -0.3 is 5.32 Å². The van der Waals surface area contributed by atoms with Crippen LogP contribution < -0.4 is 5.32 Å². The lowest BCUT2D eigenvalue weighted by atomic mass is 10.3. The molecule has 16 heavy (non-hydrogen) atoms. The maximum atomic E-state index is 12.4. The smallest absolute Gasteiger partial charge is 0.343 e. The first-order valence-corrected chi connectivity index (χ1v) is 3.82. The van der Waals surface area contributed by atoms with Crippen molar-refractivity contribution in [2.45, 2.75) is 18.6 Å². The average molecular weight is 244 g/mol. The monoisotopic (exact) mass is 244 g/mol. The van der Waals surface area contributed by atoms with Gasteiger partial charge in [-0.2, -0.15) is 27.1 Å². The number of nitrogens with zero attached hydrogens (tertiary/aromatic N) is 2. The molecule has 90 valence electrons. The summed E-state index contributed by atoms with van der Waals surface area (Å²) in [7, 11) is 0. The summed E-state index contributed by atoms with van der Waals surface area (Å²) in [6.07, 6.45) is -4.90. The van der Waals surface area contributed by atoms with Crippen molar-refractivity contribution >= 4 is 5.91 Å². The molecule has 0 radical (unpaired) electrons. The lowest BCUT2D eigenvalue weighted by Crippen LogP contribution is -2.50. The molecule has 1 rings (SSSR count). The topological polar surface area (TPSA) is 70.7 Å². The molecule has 0 saturated carbocycles. The molecule has 1 aromatic rings. The lowest BCUT2D eigenvalue weighted by molar-refractivity contribution is -0.269. The first kappa shape index (κ1) is 12.3.